The fraction of sp³-hybridized carbons (Fsp3) is 0.324. The Labute approximate surface area is 252 Å². The van der Waals surface area contributed by atoms with Crippen LogP contribution in [0.15, 0.2) is 72.8 Å². The number of esters is 3. The van der Waals surface area contributed by atoms with Crippen LogP contribution in [-0.4, -0.2) is 37.7 Å². The van der Waals surface area contributed by atoms with Crippen molar-refractivity contribution in [3.63, 3.8) is 0 Å². The summed E-state index contributed by atoms with van der Waals surface area (Å²) in [7, 11) is 0. The molecule has 9 heteroatoms. The van der Waals surface area contributed by atoms with Gasteiger partial charge in [-0.15, -0.1) is 0 Å². The van der Waals surface area contributed by atoms with Crippen LogP contribution < -0.4 is 20.9 Å². The van der Waals surface area contributed by atoms with Crippen molar-refractivity contribution in [2.75, 3.05) is 31.3 Å². The molecule has 43 heavy (non-hydrogen) atoms. The van der Waals surface area contributed by atoms with Gasteiger partial charge in [0.1, 0.15) is 11.5 Å². The number of hydrogen-bond donors (Lipinski definition) is 2. The molecular formula is C34H40N2O7. The zero-order valence-electron chi connectivity index (χ0n) is 24.6. The van der Waals surface area contributed by atoms with Crippen molar-refractivity contribution in [1.82, 2.24) is 0 Å². The minimum atomic E-state index is -0.513. The molecule has 4 N–H and O–H groups in total. The van der Waals surface area contributed by atoms with E-state index < -0.39 is 17.9 Å². The van der Waals surface area contributed by atoms with Gasteiger partial charge in [-0.2, -0.15) is 0 Å². The standard InChI is InChI=1S/C34H40N2O7/c1-2-3-4-6-19-40-30-14-16-31(17-15-30)43-32(37)18-11-25-9-12-26(13-10-25)33(38)41-20-7-5-8-21-42-34(39)27-22-28(35)24-29(36)23-27/h9-18,22-24H,2-8,19-21,35-36H2,1H3/b18-11+. The SMILES string of the molecule is CCCCCCOc1ccc(OC(=O)/C=C/c2ccc(C(=O)OCCCCCOC(=O)c3cc(N)cc(N)c3)cc2)cc1. The van der Waals surface area contributed by atoms with Crippen molar-refractivity contribution in [3.05, 3.63) is 89.5 Å². The van der Waals surface area contributed by atoms with Gasteiger partial charge in [0.15, 0.2) is 0 Å². The Morgan fingerprint density at radius 1 is 0.651 bits per heavy atom. The van der Waals surface area contributed by atoms with Crippen LogP contribution in [0.25, 0.3) is 6.08 Å². The number of anilines is 2. The molecule has 0 saturated heterocycles. The summed E-state index contributed by atoms with van der Waals surface area (Å²) in [6, 6.07) is 18.3. The molecule has 0 unspecified atom stereocenters. The molecule has 0 fully saturated rings. The Morgan fingerprint density at radius 3 is 1.84 bits per heavy atom. The number of carbonyl (C=O) groups excluding carboxylic acids is 3. The molecule has 228 valence electrons. The first-order chi connectivity index (χ1) is 20.8. The van der Waals surface area contributed by atoms with Crippen LogP contribution in [0.2, 0.25) is 0 Å². The first kappa shape index (κ1) is 32.7. The molecule has 3 aromatic carbocycles. The first-order valence-electron chi connectivity index (χ1n) is 14.6. The second kappa shape index (κ2) is 17.9. The van der Waals surface area contributed by atoms with Crippen molar-refractivity contribution < 1.29 is 33.3 Å². The second-order valence-corrected chi connectivity index (χ2v) is 9.98. The minimum absolute atomic E-state index is 0.241. The predicted octanol–water partition coefficient (Wildman–Crippen LogP) is 6.61. The second-order valence-electron chi connectivity index (χ2n) is 9.98. The van der Waals surface area contributed by atoms with Gasteiger partial charge in [-0.3, -0.25) is 0 Å². The van der Waals surface area contributed by atoms with E-state index >= 15 is 0 Å². The molecule has 9 nitrogen and oxygen atoms in total. The van der Waals surface area contributed by atoms with Crippen LogP contribution in [0.3, 0.4) is 0 Å². The third kappa shape index (κ3) is 12.3. The summed E-state index contributed by atoms with van der Waals surface area (Å²) in [6.07, 6.45) is 9.48. The number of ether oxygens (including phenoxy) is 4. The summed E-state index contributed by atoms with van der Waals surface area (Å²) in [5, 5.41) is 0. The van der Waals surface area contributed by atoms with Crippen LogP contribution in [0.5, 0.6) is 11.5 Å². The zero-order valence-corrected chi connectivity index (χ0v) is 24.6. The van der Waals surface area contributed by atoms with Gasteiger partial charge in [0.2, 0.25) is 0 Å². The maximum absolute atomic E-state index is 12.3. The molecule has 0 saturated carbocycles. The van der Waals surface area contributed by atoms with Gasteiger partial charge in [0.05, 0.1) is 30.9 Å². The van der Waals surface area contributed by atoms with E-state index in [1.165, 1.54) is 31.1 Å². The molecule has 0 aliphatic rings. The summed E-state index contributed by atoms with van der Waals surface area (Å²) < 4.78 is 21.6. The first-order valence-corrected chi connectivity index (χ1v) is 14.6. The van der Waals surface area contributed by atoms with E-state index in [-0.39, 0.29) is 13.2 Å². The molecule has 0 radical (unpaired) electrons. The average Bonchev–Trinajstić information content (AvgIpc) is 3.00. The van der Waals surface area contributed by atoms with Crippen LogP contribution >= 0.6 is 0 Å². The molecule has 0 aliphatic heterocycles. The minimum Gasteiger partial charge on any atom is -0.494 e. The maximum atomic E-state index is 12.3. The summed E-state index contributed by atoms with van der Waals surface area (Å²) >= 11 is 0. The Balaban J connectivity index is 1.30. The van der Waals surface area contributed by atoms with Crippen molar-refractivity contribution >= 4 is 35.4 Å². The molecular weight excluding hydrogens is 548 g/mol. The molecule has 0 atom stereocenters. The zero-order chi connectivity index (χ0) is 30.9. The van der Waals surface area contributed by atoms with Gasteiger partial charge >= 0.3 is 17.9 Å². The fourth-order valence-corrected chi connectivity index (χ4v) is 4.04. The lowest BCUT2D eigenvalue weighted by Gasteiger charge is -2.07. The van der Waals surface area contributed by atoms with E-state index in [4.69, 9.17) is 30.4 Å². The van der Waals surface area contributed by atoms with Crippen molar-refractivity contribution in [2.45, 2.75) is 51.9 Å². The number of unbranched alkanes of at least 4 members (excludes halogenated alkanes) is 5. The van der Waals surface area contributed by atoms with Crippen molar-refractivity contribution in [2.24, 2.45) is 0 Å². The summed E-state index contributed by atoms with van der Waals surface area (Å²) in [4.78, 5) is 36.6. The molecule has 0 aromatic heterocycles. The van der Waals surface area contributed by atoms with Gasteiger partial charge in [-0.05, 0) is 91.9 Å². The number of benzene rings is 3. The van der Waals surface area contributed by atoms with E-state index in [0.717, 1.165) is 30.6 Å². The van der Waals surface area contributed by atoms with Crippen LogP contribution in [-0.2, 0) is 14.3 Å². The lowest BCUT2D eigenvalue weighted by atomic mass is 10.1. The number of nitrogen functional groups attached to an aromatic ring is 2. The quantitative estimate of drug-likeness (QED) is 0.0586. The normalized spacial score (nSPS) is 10.8. The molecule has 0 bridgehead atoms. The van der Waals surface area contributed by atoms with Gasteiger partial charge in [-0.25, -0.2) is 14.4 Å². The Bertz CT molecular complexity index is 1330. The Morgan fingerprint density at radius 2 is 1.21 bits per heavy atom. The van der Waals surface area contributed by atoms with E-state index in [1.807, 2.05) is 0 Å². The van der Waals surface area contributed by atoms with Crippen molar-refractivity contribution in [1.29, 1.82) is 0 Å². The maximum Gasteiger partial charge on any atom is 0.338 e. The molecule has 0 heterocycles. The molecule has 3 aromatic rings. The summed E-state index contributed by atoms with van der Waals surface area (Å²) in [5.41, 5.74) is 13.6. The molecule has 0 spiro atoms. The van der Waals surface area contributed by atoms with Gasteiger partial charge in [-0.1, -0.05) is 38.3 Å². The van der Waals surface area contributed by atoms with E-state index in [1.54, 1.807) is 60.7 Å². The molecule has 0 aliphatic carbocycles. The van der Waals surface area contributed by atoms with E-state index in [0.29, 0.717) is 47.7 Å². The third-order valence-corrected chi connectivity index (χ3v) is 6.34. The highest BCUT2D eigenvalue weighted by atomic mass is 16.5. The highest BCUT2D eigenvalue weighted by Crippen LogP contribution is 2.19. The molecule has 0 amide bonds. The van der Waals surface area contributed by atoms with Gasteiger partial charge in [0.25, 0.3) is 0 Å². The Hall–Kier alpha value is -4.79. The highest BCUT2D eigenvalue weighted by Gasteiger charge is 2.10. The largest absolute Gasteiger partial charge is 0.494 e. The van der Waals surface area contributed by atoms with Crippen molar-refractivity contribution in [3.8, 4) is 11.5 Å². The number of rotatable bonds is 17. The van der Waals surface area contributed by atoms with Crippen LogP contribution in [0, 0.1) is 0 Å². The average molecular weight is 589 g/mol. The number of carbonyl (C=O) groups is 3. The lowest BCUT2D eigenvalue weighted by Crippen LogP contribution is -2.09. The third-order valence-electron chi connectivity index (χ3n) is 6.34. The van der Waals surface area contributed by atoms with Crippen LogP contribution in [0.4, 0.5) is 11.4 Å². The van der Waals surface area contributed by atoms with E-state index in [2.05, 4.69) is 6.92 Å². The predicted molar refractivity (Wildman–Crippen MR) is 167 cm³/mol. The monoisotopic (exact) mass is 588 g/mol. The smallest absolute Gasteiger partial charge is 0.338 e. The summed E-state index contributed by atoms with van der Waals surface area (Å²) in [5.74, 6) is -0.263. The van der Waals surface area contributed by atoms with Crippen LogP contribution in [0.1, 0.15) is 78.1 Å². The fourth-order valence-electron chi connectivity index (χ4n) is 4.04. The summed E-state index contributed by atoms with van der Waals surface area (Å²) in [6.45, 7) is 3.33. The number of nitrogens with two attached hydrogens (primary N) is 2. The van der Waals surface area contributed by atoms with Gasteiger partial charge in [0, 0.05) is 17.5 Å². The molecule has 3 rings (SSSR count). The van der Waals surface area contributed by atoms with Gasteiger partial charge < -0.3 is 30.4 Å². The lowest BCUT2D eigenvalue weighted by molar-refractivity contribution is -0.128. The highest BCUT2D eigenvalue weighted by molar-refractivity contribution is 5.92. The topological polar surface area (TPSA) is 140 Å². The van der Waals surface area contributed by atoms with E-state index in [9.17, 15) is 14.4 Å². The Kier molecular flexibility index (Phi) is 13.6. The number of hydrogen-bond acceptors (Lipinski definition) is 9.